The van der Waals surface area contributed by atoms with Crippen LogP contribution in [0.25, 0.3) is 0 Å². The number of fused-ring (bicyclic) bond motifs is 1. The topological polar surface area (TPSA) is 57.2 Å². The van der Waals surface area contributed by atoms with E-state index in [4.69, 9.17) is 18.9 Å². The van der Waals surface area contributed by atoms with E-state index in [-0.39, 0.29) is 23.8 Å². The third-order valence-corrected chi connectivity index (χ3v) is 5.83. The Hall–Kier alpha value is -2.05. The molecule has 0 radical (unpaired) electrons. The fourth-order valence-electron chi connectivity index (χ4n) is 4.32. The number of nitrogens with zero attached hydrogens (tertiary/aromatic N) is 1. The highest BCUT2D eigenvalue weighted by molar-refractivity contribution is 5.70. The van der Waals surface area contributed by atoms with Gasteiger partial charge in [-0.25, -0.2) is 0 Å². The van der Waals surface area contributed by atoms with E-state index in [1.54, 1.807) is 21.3 Å². The van der Waals surface area contributed by atoms with Gasteiger partial charge >= 0.3 is 5.97 Å². The molecule has 1 aliphatic heterocycles. The third-order valence-electron chi connectivity index (χ3n) is 5.83. The fraction of sp³-hybridized carbons (Fsp3) is 0.571. The molecule has 1 heterocycles. The lowest BCUT2D eigenvalue weighted by molar-refractivity contribution is -0.141. The van der Waals surface area contributed by atoms with Gasteiger partial charge in [0.15, 0.2) is 11.5 Å². The highest BCUT2D eigenvalue weighted by Crippen LogP contribution is 2.49. The monoisotopic (exact) mass is 375 g/mol. The van der Waals surface area contributed by atoms with Gasteiger partial charge in [0, 0.05) is 25.0 Å². The van der Waals surface area contributed by atoms with Crippen molar-refractivity contribution in [3.8, 4) is 11.5 Å². The van der Waals surface area contributed by atoms with E-state index in [1.165, 1.54) is 5.56 Å². The fourth-order valence-corrected chi connectivity index (χ4v) is 4.32. The van der Waals surface area contributed by atoms with Crippen LogP contribution < -0.4 is 9.47 Å². The summed E-state index contributed by atoms with van der Waals surface area (Å²) in [5.41, 5.74) is 1.24. The van der Waals surface area contributed by atoms with Gasteiger partial charge in [-0.05, 0) is 50.2 Å². The number of allylic oxidation sites excluding steroid dienone is 1. The number of likely N-dealkylation sites (N-methyl/N-ethyl adjacent to an activating group) is 1. The molecule has 27 heavy (non-hydrogen) atoms. The van der Waals surface area contributed by atoms with Gasteiger partial charge in [-0.3, -0.25) is 9.69 Å². The molecule has 1 aliphatic carbocycles. The van der Waals surface area contributed by atoms with Gasteiger partial charge in [0.2, 0.25) is 0 Å². The maximum atomic E-state index is 12.0. The smallest absolute Gasteiger partial charge is 0.313 e. The summed E-state index contributed by atoms with van der Waals surface area (Å²) in [4.78, 5) is 14.3. The summed E-state index contributed by atoms with van der Waals surface area (Å²) in [6.45, 7) is 1.38. The molecule has 1 saturated heterocycles. The van der Waals surface area contributed by atoms with Crippen molar-refractivity contribution in [2.75, 3.05) is 41.5 Å². The normalized spacial score (nSPS) is 24.9. The molecule has 0 unspecified atom stereocenters. The molecule has 1 aromatic rings. The van der Waals surface area contributed by atoms with E-state index in [0.29, 0.717) is 6.61 Å². The van der Waals surface area contributed by atoms with Crippen LogP contribution in [-0.2, 0) is 19.7 Å². The number of methoxy groups -OCH3 is 3. The maximum Gasteiger partial charge on any atom is 0.313 e. The summed E-state index contributed by atoms with van der Waals surface area (Å²) in [5, 5.41) is 0. The highest BCUT2D eigenvalue weighted by atomic mass is 16.5. The van der Waals surface area contributed by atoms with Crippen LogP contribution in [-0.4, -0.2) is 58.4 Å². The van der Waals surface area contributed by atoms with Crippen LogP contribution in [0.4, 0.5) is 0 Å². The molecule has 148 valence electrons. The average molecular weight is 375 g/mol. The molecule has 6 nitrogen and oxygen atoms in total. The first kappa shape index (κ1) is 19.7. The van der Waals surface area contributed by atoms with Crippen molar-refractivity contribution in [2.45, 2.75) is 37.1 Å². The van der Waals surface area contributed by atoms with Crippen molar-refractivity contribution in [1.82, 2.24) is 4.90 Å². The Morgan fingerprint density at radius 3 is 2.67 bits per heavy atom. The van der Waals surface area contributed by atoms with Gasteiger partial charge < -0.3 is 18.9 Å². The van der Waals surface area contributed by atoms with Crippen molar-refractivity contribution in [1.29, 1.82) is 0 Å². The summed E-state index contributed by atoms with van der Waals surface area (Å²) in [6.07, 6.45) is 5.14. The predicted molar refractivity (Wildman–Crippen MR) is 102 cm³/mol. The van der Waals surface area contributed by atoms with E-state index in [2.05, 4.69) is 30.2 Å². The summed E-state index contributed by atoms with van der Waals surface area (Å²) >= 11 is 0. The molecule has 6 heteroatoms. The van der Waals surface area contributed by atoms with Gasteiger partial charge in [0.1, 0.15) is 5.76 Å². The van der Waals surface area contributed by atoms with Crippen molar-refractivity contribution >= 4 is 5.97 Å². The second-order valence-corrected chi connectivity index (χ2v) is 7.25. The minimum Gasteiger partial charge on any atom is -0.493 e. The number of rotatable bonds is 7. The number of ether oxygens (including phenoxy) is 4. The van der Waals surface area contributed by atoms with Gasteiger partial charge in [0.05, 0.1) is 27.2 Å². The SMILES string of the molecule is COCCC(=O)OC1=C[C@@H]2N(C)CC[C@]2(c2ccc(OC)c(OC)c2)CC1. The maximum absolute atomic E-state index is 12.0. The minimum atomic E-state index is -0.234. The van der Waals surface area contributed by atoms with Crippen LogP contribution in [0.1, 0.15) is 31.2 Å². The third kappa shape index (κ3) is 3.82. The first-order chi connectivity index (χ1) is 13.0. The van der Waals surface area contributed by atoms with Gasteiger partial charge in [-0.2, -0.15) is 0 Å². The predicted octanol–water partition coefficient (Wildman–Crippen LogP) is 2.90. The van der Waals surface area contributed by atoms with E-state index in [9.17, 15) is 4.79 Å². The lowest BCUT2D eigenvalue weighted by Crippen LogP contribution is -2.42. The molecule has 0 saturated carbocycles. The van der Waals surface area contributed by atoms with E-state index in [1.807, 2.05) is 6.07 Å². The van der Waals surface area contributed by atoms with Gasteiger partial charge in [0.25, 0.3) is 0 Å². The summed E-state index contributed by atoms with van der Waals surface area (Å²) in [7, 11) is 7.02. The van der Waals surface area contributed by atoms with E-state index < -0.39 is 0 Å². The van der Waals surface area contributed by atoms with Crippen LogP contribution in [0.2, 0.25) is 0 Å². The zero-order chi connectivity index (χ0) is 19.4. The number of benzene rings is 1. The first-order valence-corrected chi connectivity index (χ1v) is 9.37. The van der Waals surface area contributed by atoms with Crippen LogP contribution in [0.15, 0.2) is 30.0 Å². The quantitative estimate of drug-likeness (QED) is 0.683. The van der Waals surface area contributed by atoms with E-state index in [0.717, 1.165) is 43.1 Å². The largest absolute Gasteiger partial charge is 0.493 e. The van der Waals surface area contributed by atoms with Crippen LogP contribution in [0, 0.1) is 0 Å². The number of hydrogen-bond donors (Lipinski definition) is 0. The Bertz CT molecular complexity index is 717. The molecule has 3 rings (SSSR count). The zero-order valence-electron chi connectivity index (χ0n) is 16.6. The van der Waals surface area contributed by atoms with Crippen molar-refractivity contribution in [2.24, 2.45) is 0 Å². The van der Waals surface area contributed by atoms with Crippen molar-refractivity contribution in [3.63, 3.8) is 0 Å². The molecule has 0 spiro atoms. The van der Waals surface area contributed by atoms with Gasteiger partial charge in [-0.15, -0.1) is 0 Å². The number of carbonyl (C=O) groups excluding carboxylic acids is 1. The molecule has 1 fully saturated rings. The van der Waals surface area contributed by atoms with Crippen LogP contribution in [0.5, 0.6) is 11.5 Å². The Morgan fingerprint density at radius 1 is 1.19 bits per heavy atom. The minimum absolute atomic E-state index is 0.00324. The van der Waals surface area contributed by atoms with Gasteiger partial charge in [-0.1, -0.05) is 6.07 Å². The first-order valence-electron chi connectivity index (χ1n) is 9.37. The summed E-state index contributed by atoms with van der Waals surface area (Å²) in [5.74, 6) is 2.02. The standard InChI is InChI=1S/C21H29NO5/c1-22-11-10-21(15-5-6-17(25-3)18(13-15)26-4)9-7-16(14-19(21)22)27-20(23)8-12-24-2/h5-6,13-14,19H,7-12H2,1-4H3/t19-,21-/m0/s1. The number of carbonyl (C=O) groups is 1. The molecule has 1 aromatic carbocycles. The number of esters is 1. The van der Waals surface area contributed by atoms with Crippen molar-refractivity contribution in [3.05, 3.63) is 35.6 Å². The molecule has 0 N–H and O–H groups in total. The summed E-state index contributed by atoms with van der Waals surface area (Å²) in [6, 6.07) is 6.39. The number of likely N-dealkylation sites (tertiary alicyclic amines) is 1. The molecule has 2 aliphatic rings. The Morgan fingerprint density at radius 2 is 1.96 bits per heavy atom. The molecular formula is C21H29NO5. The van der Waals surface area contributed by atoms with Crippen molar-refractivity contribution < 1.29 is 23.7 Å². The van der Waals surface area contributed by atoms with Crippen LogP contribution in [0.3, 0.4) is 0 Å². The van der Waals surface area contributed by atoms with Crippen LogP contribution >= 0.6 is 0 Å². The summed E-state index contributed by atoms with van der Waals surface area (Å²) < 4.78 is 21.4. The average Bonchev–Trinajstić information content (AvgIpc) is 3.03. The molecule has 2 atom stereocenters. The zero-order valence-corrected chi connectivity index (χ0v) is 16.6. The second kappa shape index (κ2) is 8.31. The lowest BCUT2D eigenvalue weighted by atomic mass is 9.68. The number of hydrogen-bond acceptors (Lipinski definition) is 6. The Kier molecular flexibility index (Phi) is 6.07. The molecule has 0 amide bonds. The highest BCUT2D eigenvalue weighted by Gasteiger charge is 2.48. The molecule has 0 bridgehead atoms. The Balaban J connectivity index is 1.87. The lowest BCUT2D eigenvalue weighted by Gasteiger charge is -2.40. The molecule has 0 aromatic heterocycles. The Labute approximate surface area is 161 Å². The second-order valence-electron chi connectivity index (χ2n) is 7.25. The molecular weight excluding hydrogens is 346 g/mol. The van der Waals surface area contributed by atoms with E-state index >= 15 is 0 Å².